The SMILES string of the molecule is CC/C=C\C/C=C\C/C=C\C/C=C\C/C=C\CC(=O)OCC(COC(=O)CCCCCCCCCC/C=C\C/C=C\C/C=C\C/C=C\CC)OC(=O)CCCCCCC/C=C\CCCCCCCCC. The molecule has 1 unspecified atom stereocenters. The average Bonchev–Trinajstić information content (AvgIpc) is 3.36. The molecule has 0 saturated carbocycles. The molecule has 396 valence electrons. The molecule has 1 atom stereocenters. The van der Waals surface area contributed by atoms with E-state index in [-0.39, 0.29) is 31.6 Å². The van der Waals surface area contributed by atoms with Crippen molar-refractivity contribution in [1.29, 1.82) is 0 Å². The molecule has 0 heterocycles. The smallest absolute Gasteiger partial charge is 0.309 e. The van der Waals surface area contributed by atoms with Gasteiger partial charge in [-0.1, -0.05) is 239 Å². The predicted octanol–water partition coefficient (Wildman–Crippen LogP) is 19.3. The highest BCUT2D eigenvalue weighted by molar-refractivity contribution is 5.72. The summed E-state index contributed by atoms with van der Waals surface area (Å²) >= 11 is 0. The molecule has 0 aromatic rings. The number of unbranched alkanes of at least 4 members (excludes halogenated alkanes) is 20. The molecule has 0 spiro atoms. The molecule has 0 bridgehead atoms. The Morgan fingerprint density at radius 2 is 0.614 bits per heavy atom. The summed E-state index contributed by atoms with van der Waals surface area (Å²) in [6.07, 6.45) is 79.3. The second-order valence-corrected chi connectivity index (χ2v) is 18.4. The van der Waals surface area contributed by atoms with E-state index in [1.165, 1.54) is 89.9 Å². The van der Waals surface area contributed by atoms with E-state index in [0.29, 0.717) is 12.8 Å². The molecule has 70 heavy (non-hydrogen) atoms. The Balaban J connectivity index is 4.50. The van der Waals surface area contributed by atoms with Gasteiger partial charge < -0.3 is 14.2 Å². The molecule has 6 heteroatoms. The number of ether oxygens (including phenoxy) is 3. The maximum Gasteiger partial charge on any atom is 0.309 e. The number of hydrogen-bond donors (Lipinski definition) is 0. The zero-order valence-electron chi connectivity index (χ0n) is 45.2. The molecular weight excluding hydrogens is 865 g/mol. The number of carbonyl (C=O) groups is 3. The molecule has 0 saturated heterocycles. The van der Waals surface area contributed by atoms with Crippen LogP contribution in [0.15, 0.2) is 122 Å². The van der Waals surface area contributed by atoms with Gasteiger partial charge in [-0.2, -0.15) is 0 Å². The van der Waals surface area contributed by atoms with Crippen molar-refractivity contribution < 1.29 is 28.6 Å². The average molecular weight is 970 g/mol. The van der Waals surface area contributed by atoms with Crippen LogP contribution in [-0.4, -0.2) is 37.2 Å². The molecule has 0 rings (SSSR count). The van der Waals surface area contributed by atoms with Gasteiger partial charge in [0.1, 0.15) is 13.2 Å². The lowest BCUT2D eigenvalue weighted by Crippen LogP contribution is -2.30. The van der Waals surface area contributed by atoms with Crippen molar-refractivity contribution in [3.05, 3.63) is 122 Å². The molecule has 0 aliphatic heterocycles. The van der Waals surface area contributed by atoms with E-state index in [0.717, 1.165) is 116 Å². The van der Waals surface area contributed by atoms with Gasteiger partial charge >= 0.3 is 17.9 Å². The van der Waals surface area contributed by atoms with Gasteiger partial charge in [0.05, 0.1) is 6.42 Å². The van der Waals surface area contributed by atoms with Crippen molar-refractivity contribution in [1.82, 2.24) is 0 Å². The van der Waals surface area contributed by atoms with Crippen molar-refractivity contribution in [2.75, 3.05) is 13.2 Å². The van der Waals surface area contributed by atoms with Gasteiger partial charge in [-0.3, -0.25) is 14.4 Å². The maximum absolute atomic E-state index is 12.8. The number of allylic oxidation sites excluding steroid dienone is 19. The van der Waals surface area contributed by atoms with Crippen molar-refractivity contribution in [2.24, 2.45) is 0 Å². The Kier molecular flexibility index (Phi) is 54.0. The van der Waals surface area contributed by atoms with Crippen LogP contribution < -0.4 is 0 Å². The van der Waals surface area contributed by atoms with Crippen molar-refractivity contribution in [2.45, 2.75) is 252 Å². The Morgan fingerprint density at radius 3 is 1.01 bits per heavy atom. The van der Waals surface area contributed by atoms with E-state index in [4.69, 9.17) is 14.2 Å². The molecule has 0 radical (unpaired) electrons. The highest BCUT2D eigenvalue weighted by Gasteiger charge is 2.19. The minimum atomic E-state index is -0.829. The van der Waals surface area contributed by atoms with Gasteiger partial charge in [-0.25, -0.2) is 0 Å². The van der Waals surface area contributed by atoms with Crippen LogP contribution in [0.5, 0.6) is 0 Å². The molecule has 0 aliphatic rings. The highest BCUT2D eigenvalue weighted by Crippen LogP contribution is 2.14. The normalized spacial score (nSPS) is 13.0. The predicted molar refractivity (Wildman–Crippen MR) is 302 cm³/mol. The van der Waals surface area contributed by atoms with Crippen LogP contribution in [0.4, 0.5) is 0 Å². The standard InChI is InChI=1S/C64H104O6/c1-4-7-10-13-16-19-22-25-28-30-31-32-33-34-37-39-42-45-48-51-54-57-63(66)69-60-61(59-68-62(65)56-53-50-47-44-41-38-35-27-24-21-18-15-12-9-6-3)70-64(67)58-55-52-49-46-43-40-36-29-26-23-20-17-14-11-8-5-2/h7,9-10,12,16,18-19,21,25,27-29,31-32,35-36,41,44,50,53,61H,4-6,8,11,13-15,17,20,22-24,26,30,33-34,37-40,42-43,45-49,51-52,54-60H2,1-3H3/b10-7-,12-9-,19-16-,21-18-,28-25-,32-31-,35-27-,36-29-,44-41-,53-50-. The van der Waals surface area contributed by atoms with Crippen LogP contribution in [-0.2, 0) is 28.6 Å². The third kappa shape index (κ3) is 54.7. The third-order valence-corrected chi connectivity index (χ3v) is 11.7. The van der Waals surface area contributed by atoms with E-state index in [2.05, 4.69) is 130 Å². The van der Waals surface area contributed by atoms with Crippen LogP contribution in [0, 0.1) is 0 Å². The van der Waals surface area contributed by atoms with E-state index in [9.17, 15) is 14.4 Å². The van der Waals surface area contributed by atoms with Gasteiger partial charge in [0.25, 0.3) is 0 Å². The van der Waals surface area contributed by atoms with Crippen molar-refractivity contribution >= 4 is 17.9 Å². The molecule has 0 N–H and O–H groups in total. The quantitative estimate of drug-likeness (QED) is 0.0262. The van der Waals surface area contributed by atoms with Crippen LogP contribution in [0.2, 0.25) is 0 Å². The van der Waals surface area contributed by atoms with Gasteiger partial charge in [0, 0.05) is 12.8 Å². The van der Waals surface area contributed by atoms with Crippen LogP contribution in [0.25, 0.3) is 0 Å². The molecule has 0 aliphatic carbocycles. The Labute approximate surface area is 431 Å². The van der Waals surface area contributed by atoms with E-state index >= 15 is 0 Å². The number of rotatable bonds is 50. The van der Waals surface area contributed by atoms with Crippen molar-refractivity contribution in [3.8, 4) is 0 Å². The Bertz CT molecular complexity index is 1490. The van der Waals surface area contributed by atoms with Crippen LogP contribution in [0.3, 0.4) is 0 Å². The minimum Gasteiger partial charge on any atom is -0.462 e. The molecule has 0 aromatic carbocycles. The van der Waals surface area contributed by atoms with Gasteiger partial charge in [-0.05, 0) is 109 Å². The first-order valence-electron chi connectivity index (χ1n) is 28.5. The first kappa shape index (κ1) is 65.8. The van der Waals surface area contributed by atoms with E-state index in [1.807, 2.05) is 6.08 Å². The fourth-order valence-electron chi connectivity index (χ4n) is 7.50. The maximum atomic E-state index is 12.8. The first-order valence-corrected chi connectivity index (χ1v) is 28.5. The topological polar surface area (TPSA) is 78.9 Å². The number of carbonyl (C=O) groups excluding carboxylic acids is 3. The van der Waals surface area contributed by atoms with E-state index < -0.39 is 12.1 Å². The Morgan fingerprint density at radius 1 is 0.314 bits per heavy atom. The lowest BCUT2D eigenvalue weighted by Gasteiger charge is -2.18. The molecule has 0 aromatic heterocycles. The summed E-state index contributed by atoms with van der Waals surface area (Å²) in [5.41, 5.74) is 0. The fourth-order valence-corrected chi connectivity index (χ4v) is 7.50. The minimum absolute atomic E-state index is 0.118. The molecule has 0 fully saturated rings. The van der Waals surface area contributed by atoms with Crippen LogP contribution in [0.1, 0.15) is 245 Å². The summed E-state index contributed by atoms with van der Waals surface area (Å²) in [5, 5.41) is 0. The van der Waals surface area contributed by atoms with Gasteiger partial charge in [0.2, 0.25) is 0 Å². The largest absolute Gasteiger partial charge is 0.462 e. The summed E-state index contributed by atoms with van der Waals surface area (Å²) in [4.78, 5) is 38.1. The lowest BCUT2D eigenvalue weighted by atomic mass is 10.1. The van der Waals surface area contributed by atoms with Crippen molar-refractivity contribution in [3.63, 3.8) is 0 Å². The molecule has 0 amide bonds. The van der Waals surface area contributed by atoms with Crippen LogP contribution >= 0.6 is 0 Å². The highest BCUT2D eigenvalue weighted by atomic mass is 16.6. The summed E-state index contributed by atoms with van der Waals surface area (Å²) < 4.78 is 16.7. The summed E-state index contributed by atoms with van der Waals surface area (Å²) in [6.45, 7) is 6.31. The van der Waals surface area contributed by atoms with Gasteiger partial charge in [-0.15, -0.1) is 0 Å². The zero-order valence-corrected chi connectivity index (χ0v) is 45.2. The molecular formula is C64H104O6. The molecule has 6 nitrogen and oxygen atoms in total. The lowest BCUT2D eigenvalue weighted by molar-refractivity contribution is -0.166. The Hall–Kier alpha value is -4.19. The third-order valence-electron chi connectivity index (χ3n) is 11.7. The number of hydrogen-bond acceptors (Lipinski definition) is 6. The van der Waals surface area contributed by atoms with E-state index in [1.54, 1.807) is 6.08 Å². The summed E-state index contributed by atoms with van der Waals surface area (Å²) in [5.74, 6) is -1.07. The second-order valence-electron chi connectivity index (χ2n) is 18.4. The second kappa shape index (κ2) is 57.4. The zero-order chi connectivity index (χ0) is 50.7. The fraction of sp³-hybridized carbons (Fsp3) is 0.641. The summed E-state index contributed by atoms with van der Waals surface area (Å²) in [6, 6.07) is 0. The number of esters is 3. The first-order chi connectivity index (χ1) is 34.5. The monoisotopic (exact) mass is 969 g/mol. The summed E-state index contributed by atoms with van der Waals surface area (Å²) in [7, 11) is 0. The van der Waals surface area contributed by atoms with Gasteiger partial charge in [0.15, 0.2) is 6.10 Å².